The average Bonchev–Trinajstić information content (AvgIpc) is 2.87. The van der Waals surface area contributed by atoms with Crippen molar-refractivity contribution in [2.75, 3.05) is 10.9 Å². The highest BCUT2D eigenvalue weighted by Gasteiger charge is 2.06. The van der Waals surface area contributed by atoms with Crippen molar-refractivity contribution in [3.05, 3.63) is 102 Å². The Labute approximate surface area is 196 Å². The molecule has 3 aromatic carbocycles. The number of phenols is 1. The van der Waals surface area contributed by atoms with E-state index < -0.39 is 0 Å². The number of rotatable bonds is 6. The topological polar surface area (TPSA) is 94.8 Å². The summed E-state index contributed by atoms with van der Waals surface area (Å²) in [4.78, 5) is 8.84. The van der Waals surface area contributed by atoms with Crippen molar-refractivity contribution in [2.45, 2.75) is 6.92 Å². The molecule has 0 fully saturated rings. The number of pyridine rings is 2. The van der Waals surface area contributed by atoms with Gasteiger partial charge in [0.2, 0.25) is 0 Å². The van der Waals surface area contributed by atoms with E-state index in [9.17, 15) is 5.11 Å². The molecule has 0 aliphatic rings. The summed E-state index contributed by atoms with van der Waals surface area (Å²) in [6.45, 7) is 1.84. The summed E-state index contributed by atoms with van der Waals surface area (Å²) in [5, 5.41) is 21.3. The van der Waals surface area contributed by atoms with Gasteiger partial charge in [-0.05, 0) is 54.4 Å². The second kappa shape index (κ2) is 9.38. The summed E-state index contributed by atoms with van der Waals surface area (Å²) >= 11 is 0. The molecule has 0 saturated carbocycles. The molecule has 0 unspecified atom stereocenters. The number of nitrogens with zero attached hydrogens (tertiary/aromatic N) is 4. The molecule has 2 aromatic heterocycles. The van der Waals surface area contributed by atoms with Gasteiger partial charge in [0.05, 0.1) is 34.8 Å². The van der Waals surface area contributed by atoms with Crippen molar-refractivity contribution in [3.63, 3.8) is 0 Å². The zero-order valence-corrected chi connectivity index (χ0v) is 18.5. The van der Waals surface area contributed by atoms with Crippen LogP contribution in [0.2, 0.25) is 0 Å². The third-order valence-corrected chi connectivity index (χ3v) is 5.40. The Bertz CT molecular complexity index is 1530. The summed E-state index contributed by atoms with van der Waals surface area (Å²) in [6.07, 6.45) is 6.79. The van der Waals surface area contributed by atoms with Crippen LogP contribution in [-0.4, -0.2) is 27.5 Å². The fourth-order valence-electron chi connectivity index (χ4n) is 3.75. The molecule has 166 valence electrons. The third kappa shape index (κ3) is 4.40. The van der Waals surface area contributed by atoms with Crippen molar-refractivity contribution >= 4 is 45.6 Å². The van der Waals surface area contributed by atoms with E-state index in [1.165, 1.54) is 0 Å². The standard InChI is InChI=1S/C27H22N6O/c1-18-14-19(16-30-32-23-10-2-6-20-8-4-12-28-25(20)23)15-22(27(18)34)17-31-33-24-11-3-7-21-9-5-13-29-26(21)24/h2-17,32-34H,1H3/b30-16+,31-17+. The molecule has 0 radical (unpaired) electrons. The Hall–Kier alpha value is -4.78. The van der Waals surface area contributed by atoms with E-state index in [-0.39, 0.29) is 5.75 Å². The maximum atomic E-state index is 10.5. The largest absolute Gasteiger partial charge is 0.507 e. The summed E-state index contributed by atoms with van der Waals surface area (Å²) < 4.78 is 0. The van der Waals surface area contributed by atoms with Crippen molar-refractivity contribution in [3.8, 4) is 5.75 Å². The minimum Gasteiger partial charge on any atom is -0.507 e. The maximum absolute atomic E-state index is 10.5. The normalized spacial score (nSPS) is 11.6. The Morgan fingerprint density at radius 1 is 0.735 bits per heavy atom. The van der Waals surface area contributed by atoms with Crippen LogP contribution in [0.3, 0.4) is 0 Å². The highest BCUT2D eigenvalue weighted by atomic mass is 16.3. The Kier molecular flexibility index (Phi) is 5.82. The lowest BCUT2D eigenvalue weighted by atomic mass is 10.1. The molecular weight excluding hydrogens is 424 g/mol. The van der Waals surface area contributed by atoms with Crippen LogP contribution < -0.4 is 10.9 Å². The molecule has 5 aromatic rings. The van der Waals surface area contributed by atoms with Crippen LogP contribution >= 0.6 is 0 Å². The average molecular weight is 447 g/mol. The number of hydrazone groups is 2. The van der Waals surface area contributed by atoms with Crippen molar-refractivity contribution < 1.29 is 5.11 Å². The number of benzene rings is 3. The van der Waals surface area contributed by atoms with Crippen LogP contribution in [0.25, 0.3) is 21.8 Å². The van der Waals surface area contributed by atoms with Gasteiger partial charge in [-0.3, -0.25) is 20.8 Å². The van der Waals surface area contributed by atoms with Gasteiger partial charge in [0, 0.05) is 28.7 Å². The minimum atomic E-state index is 0.171. The van der Waals surface area contributed by atoms with Gasteiger partial charge >= 0.3 is 0 Å². The van der Waals surface area contributed by atoms with Gasteiger partial charge in [0.25, 0.3) is 0 Å². The molecule has 0 bridgehead atoms. The Balaban J connectivity index is 1.35. The van der Waals surface area contributed by atoms with Crippen LogP contribution in [0.15, 0.2) is 95.4 Å². The molecule has 7 nitrogen and oxygen atoms in total. The monoisotopic (exact) mass is 446 g/mol. The van der Waals surface area contributed by atoms with Crippen molar-refractivity contribution in [1.82, 2.24) is 9.97 Å². The number of para-hydroxylation sites is 2. The molecule has 2 heterocycles. The van der Waals surface area contributed by atoms with Crippen LogP contribution in [0.4, 0.5) is 11.4 Å². The van der Waals surface area contributed by atoms with E-state index in [1.54, 1.807) is 24.8 Å². The quantitative estimate of drug-likeness (QED) is 0.230. The zero-order valence-electron chi connectivity index (χ0n) is 18.5. The number of anilines is 2. The summed E-state index contributed by atoms with van der Waals surface area (Å²) in [7, 11) is 0. The van der Waals surface area contributed by atoms with Crippen LogP contribution in [0.1, 0.15) is 16.7 Å². The fraction of sp³-hybridized carbons (Fsp3) is 0.0370. The number of aromatic nitrogens is 2. The predicted molar refractivity (Wildman–Crippen MR) is 139 cm³/mol. The van der Waals surface area contributed by atoms with Crippen LogP contribution in [0, 0.1) is 6.92 Å². The molecule has 34 heavy (non-hydrogen) atoms. The molecule has 0 aliphatic carbocycles. The number of hydrogen-bond donors (Lipinski definition) is 3. The smallest absolute Gasteiger partial charge is 0.127 e. The SMILES string of the molecule is Cc1cc(/C=N/Nc2cccc3cccnc23)cc(/C=N/Nc2cccc3cccnc23)c1O. The number of aromatic hydroxyl groups is 1. The molecule has 0 aliphatic heterocycles. The van der Waals surface area contributed by atoms with Gasteiger partial charge in [-0.2, -0.15) is 10.2 Å². The van der Waals surface area contributed by atoms with Crippen molar-refractivity contribution in [1.29, 1.82) is 0 Å². The zero-order chi connectivity index (χ0) is 23.3. The first-order valence-corrected chi connectivity index (χ1v) is 10.8. The van der Waals surface area contributed by atoms with E-state index in [0.717, 1.165) is 44.3 Å². The predicted octanol–water partition coefficient (Wildman–Crippen LogP) is 5.69. The molecule has 0 atom stereocenters. The van der Waals surface area contributed by atoms with Gasteiger partial charge in [-0.1, -0.05) is 36.4 Å². The first-order valence-electron chi connectivity index (χ1n) is 10.8. The summed E-state index contributed by atoms with van der Waals surface area (Å²) in [6, 6.07) is 23.2. The first-order chi connectivity index (χ1) is 16.7. The van der Waals surface area contributed by atoms with Crippen LogP contribution in [0.5, 0.6) is 5.75 Å². The minimum absolute atomic E-state index is 0.171. The van der Waals surface area contributed by atoms with Crippen molar-refractivity contribution in [2.24, 2.45) is 10.2 Å². The Morgan fingerprint density at radius 2 is 1.29 bits per heavy atom. The van der Waals surface area contributed by atoms with Gasteiger partial charge in [-0.15, -0.1) is 0 Å². The molecule has 0 amide bonds. The Morgan fingerprint density at radius 3 is 1.91 bits per heavy atom. The number of aryl methyl sites for hydroxylation is 1. The second-order valence-electron chi connectivity index (χ2n) is 7.78. The van der Waals surface area contributed by atoms with E-state index in [2.05, 4.69) is 31.0 Å². The molecule has 7 heteroatoms. The number of hydrogen-bond acceptors (Lipinski definition) is 7. The third-order valence-electron chi connectivity index (χ3n) is 5.40. The highest BCUT2D eigenvalue weighted by Crippen LogP contribution is 2.24. The van der Waals surface area contributed by atoms with E-state index in [1.807, 2.05) is 79.7 Å². The molecule has 3 N–H and O–H groups in total. The lowest BCUT2D eigenvalue weighted by molar-refractivity contribution is 0.470. The molecular formula is C27H22N6O. The highest BCUT2D eigenvalue weighted by molar-refractivity contribution is 5.93. The van der Waals surface area contributed by atoms with Gasteiger partial charge in [0.15, 0.2) is 0 Å². The van der Waals surface area contributed by atoms with Gasteiger partial charge in [0.1, 0.15) is 5.75 Å². The number of fused-ring (bicyclic) bond motifs is 2. The lowest BCUT2D eigenvalue weighted by Crippen LogP contribution is -1.97. The summed E-state index contributed by atoms with van der Waals surface area (Å²) in [5.74, 6) is 0.171. The van der Waals surface area contributed by atoms with E-state index >= 15 is 0 Å². The molecule has 0 saturated heterocycles. The summed E-state index contributed by atoms with van der Waals surface area (Å²) in [5.41, 5.74) is 11.5. The van der Waals surface area contributed by atoms with Gasteiger partial charge in [-0.25, -0.2) is 0 Å². The van der Waals surface area contributed by atoms with Gasteiger partial charge < -0.3 is 5.11 Å². The second-order valence-corrected chi connectivity index (χ2v) is 7.78. The fourth-order valence-corrected chi connectivity index (χ4v) is 3.75. The van der Waals surface area contributed by atoms with E-state index in [4.69, 9.17) is 0 Å². The van der Waals surface area contributed by atoms with E-state index in [0.29, 0.717) is 5.56 Å². The lowest BCUT2D eigenvalue weighted by Gasteiger charge is -2.07. The number of nitrogens with one attached hydrogen (secondary N) is 2. The molecule has 5 rings (SSSR count). The van der Waals surface area contributed by atoms with Crippen LogP contribution in [-0.2, 0) is 0 Å². The number of phenolic OH excluding ortho intramolecular Hbond substituents is 1. The maximum Gasteiger partial charge on any atom is 0.127 e. The first kappa shape index (κ1) is 21.1. The molecule has 0 spiro atoms.